The fraction of sp³-hybridized carbons (Fsp3) is 0.235. The molecule has 0 fully saturated rings. The van der Waals surface area contributed by atoms with Crippen molar-refractivity contribution in [2.75, 3.05) is 6.54 Å². The number of aromatic nitrogens is 2. The van der Waals surface area contributed by atoms with E-state index in [1.807, 2.05) is 0 Å². The maximum atomic E-state index is 13.0. The van der Waals surface area contributed by atoms with Gasteiger partial charge in [0.1, 0.15) is 11.6 Å². The van der Waals surface area contributed by atoms with Gasteiger partial charge in [-0.3, -0.25) is 9.59 Å². The fourth-order valence-electron chi connectivity index (χ4n) is 2.96. The summed E-state index contributed by atoms with van der Waals surface area (Å²) in [5.74, 6) is -0.0319. The monoisotopic (exact) mass is 327 g/mol. The highest BCUT2D eigenvalue weighted by molar-refractivity contribution is 5.94. The first kappa shape index (κ1) is 14.6. The number of nitrogens with zero attached hydrogens (tertiary/aromatic N) is 3. The quantitative estimate of drug-likeness (QED) is 0.685. The number of hydrogen-bond donors (Lipinski definition) is 0. The number of amides is 1. The average molecular weight is 327 g/mol. The highest BCUT2D eigenvalue weighted by Gasteiger charge is 2.26. The summed E-state index contributed by atoms with van der Waals surface area (Å²) in [4.78, 5) is 31.2. The van der Waals surface area contributed by atoms with Crippen LogP contribution in [0.5, 0.6) is 0 Å². The van der Waals surface area contributed by atoms with Crippen LogP contribution in [-0.4, -0.2) is 26.9 Å². The Morgan fingerprint density at radius 2 is 2.04 bits per heavy atom. The molecular formula is C17H14FN3O3. The van der Waals surface area contributed by atoms with Crippen LogP contribution in [0.2, 0.25) is 0 Å². The van der Waals surface area contributed by atoms with Crippen LogP contribution in [0, 0.1) is 12.7 Å². The van der Waals surface area contributed by atoms with Gasteiger partial charge in [0.05, 0.1) is 17.8 Å². The minimum atomic E-state index is -0.395. The van der Waals surface area contributed by atoms with Crippen LogP contribution < -0.4 is 5.56 Å². The van der Waals surface area contributed by atoms with Gasteiger partial charge >= 0.3 is 0 Å². The van der Waals surface area contributed by atoms with Crippen LogP contribution >= 0.6 is 0 Å². The molecule has 1 amide bonds. The molecule has 0 bridgehead atoms. The number of hydrogen-bond acceptors (Lipinski definition) is 4. The van der Waals surface area contributed by atoms with Gasteiger partial charge in [0.15, 0.2) is 5.65 Å². The summed E-state index contributed by atoms with van der Waals surface area (Å²) < 4.78 is 19.5. The number of benzene rings is 1. The van der Waals surface area contributed by atoms with E-state index in [-0.39, 0.29) is 18.0 Å². The molecular weight excluding hydrogens is 313 g/mol. The van der Waals surface area contributed by atoms with Crippen LogP contribution in [0.4, 0.5) is 4.39 Å². The molecule has 7 heteroatoms. The Morgan fingerprint density at radius 1 is 1.29 bits per heavy atom. The predicted molar refractivity (Wildman–Crippen MR) is 83.3 cm³/mol. The number of carbonyl (C=O) groups is 1. The summed E-state index contributed by atoms with van der Waals surface area (Å²) >= 11 is 0. The van der Waals surface area contributed by atoms with Crippen molar-refractivity contribution in [2.45, 2.75) is 19.9 Å². The van der Waals surface area contributed by atoms with E-state index >= 15 is 0 Å². The van der Waals surface area contributed by atoms with E-state index in [4.69, 9.17) is 4.52 Å². The molecule has 0 saturated heterocycles. The summed E-state index contributed by atoms with van der Waals surface area (Å²) in [5.41, 5.74) is 1.74. The third-order valence-corrected chi connectivity index (χ3v) is 4.16. The van der Waals surface area contributed by atoms with Crippen molar-refractivity contribution in [3.8, 4) is 0 Å². The van der Waals surface area contributed by atoms with Crippen molar-refractivity contribution >= 4 is 11.6 Å². The Kier molecular flexibility index (Phi) is 3.23. The second kappa shape index (κ2) is 5.30. The fourth-order valence-corrected chi connectivity index (χ4v) is 2.96. The van der Waals surface area contributed by atoms with Crippen LogP contribution in [0.1, 0.15) is 27.4 Å². The third kappa shape index (κ3) is 2.29. The highest BCUT2D eigenvalue weighted by Crippen LogP contribution is 2.18. The molecule has 0 saturated carbocycles. The van der Waals surface area contributed by atoms with Gasteiger partial charge in [0, 0.05) is 24.6 Å². The molecule has 0 N–H and O–H groups in total. The van der Waals surface area contributed by atoms with Gasteiger partial charge in [0.2, 0.25) is 0 Å². The van der Waals surface area contributed by atoms with E-state index in [1.54, 1.807) is 17.9 Å². The van der Waals surface area contributed by atoms with Crippen molar-refractivity contribution < 1.29 is 13.7 Å². The zero-order chi connectivity index (χ0) is 16.8. The normalized spacial score (nSPS) is 14.0. The number of aryl methyl sites for hydroxylation is 1. The molecule has 1 aromatic carbocycles. The molecule has 2 aromatic heterocycles. The minimum Gasteiger partial charge on any atom is -0.375 e. The predicted octanol–water partition coefficient (Wildman–Crippen LogP) is 1.93. The van der Waals surface area contributed by atoms with Crippen molar-refractivity contribution in [3.63, 3.8) is 0 Å². The van der Waals surface area contributed by atoms with Gasteiger partial charge in [0.25, 0.3) is 11.5 Å². The average Bonchev–Trinajstić information content (AvgIpc) is 2.95. The second-order valence-corrected chi connectivity index (χ2v) is 5.82. The molecule has 4 rings (SSSR count). The molecule has 1 aliphatic heterocycles. The summed E-state index contributed by atoms with van der Waals surface area (Å²) in [6.07, 6.45) is 0.498. The highest BCUT2D eigenvalue weighted by atomic mass is 19.1. The zero-order valence-corrected chi connectivity index (χ0v) is 13.0. The summed E-state index contributed by atoms with van der Waals surface area (Å²) in [5, 5.41) is 0. The Labute approximate surface area is 136 Å². The molecule has 0 radical (unpaired) electrons. The van der Waals surface area contributed by atoms with E-state index in [9.17, 15) is 14.0 Å². The van der Waals surface area contributed by atoms with Crippen molar-refractivity contribution in [3.05, 3.63) is 69.1 Å². The summed E-state index contributed by atoms with van der Waals surface area (Å²) in [7, 11) is 0. The van der Waals surface area contributed by atoms with E-state index < -0.39 is 5.82 Å². The smallest absolute Gasteiger partial charge is 0.292 e. The first-order valence-electron chi connectivity index (χ1n) is 7.59. The molecule has 24 heavy (non-hydrogen) atoms. The lowest BCUT2D eigenvalue weighted by Crippen LogP contribution is -2.40. The minimum absolute atomic E-state index is 0.167. The van der Waals surface area contributed by atoms with E-state index in [1.165, 1.54) is 24.3 Å². The Morgan fingerprint density at radius 3 is 2.79 bits per heavy atom. The van der Waals surface area contributed by atoms with Gasteiger partial charge in [-0.25, -0.2) is 9.37 Å². The maximum Gasteiger partial charge on any atom is 0.292 e. The second-order valence-electron chi connectivity index (χ2n) is 5.82. The molecule has 6 nitrogen and oxygen atoms in total. The first-order chi connectivity index (χ1) is 11.5. The zero-order valence-electron chi connectivity index (χ0n) is 13.0. The Bertz CT molecular complexity index is 1000. The molecule has 3 aromatic rings. The Hall–Kier alpha value is -2.96. The van der Waals surface area contributed by atoms with Crippen LogP contribution in [0.3, 0.4) is 0 Å². The molecule has 0 aliphatic carbocycles. The van der Waals surface area contributed by atoms with Gasteiger partial charge in [-0.15, -0.1) is 4.57 Å². The van der Waals surface area contributed by atoms with Crippen molar-refractivity contribution in [1.29, 1.82) is 0 Å². The maximum absolute atomic E-state index is 13.0. The Balaban J connectivity index is 1.70. The number of carbonyl (C=O) groups excluding carboxylic acids is 1. The summed E-state index contributed by atoms with van der Waals surface area (Å²) in [6, 6.07) is 7.08. The third-order valence-electron chi connectivity index (χ3n) is 4.16. The van der Waals surface area contributed by atoms with E-state index in [2.05, 4.69) is 4.98 Å². The van der Waals surface area contributed by atoms with Crippen molar-refractivity contribution in [1.82, 2.24) is 14.5 Å². The van der Waals surface area contributed by atoms with Crippen molar-refractivity contribution in [2.24, 2.45) is 0 Å². The lowest BCUT2D eigenvalue weighted by atomic mass is 10.1. The molecule has 0 spiro atoms. The SMILES string of the molecule is Cc1cc2nc3c(c(=O)n2o1)CN(C(=O)c1ccc(F)cc1)CC3. The lowest BCUT2D eigenvalue weighted by Gasteiger charge is -2.27. The van der Waals surface area contributed by atoms with Gasteiger partial charge in [-0.05, 0) is 31.2 Å². The molecule has 122 valence electrons. The molecule has 0 atom stereocenters. The van der Waals surface area contributed by atoms with Crippen LogP contribution in [-0.2, 0) is 13.0 Å². The van der Waals surface area contributed by atoms with Gasteiger partial charge in [-0.1, -0.05) is 0 Å². The topological polar surface area (TPSA) is 67.8 Å². The van der Waals surface area contributed by atoms with Gasteiger partial charge < -0.3 is 9.42 Å². The molecule has 3 heterocycles. The lowest BCUT2D eigenvalue weighted by molar-refractivity contribution is 0.0731. The first-order valence-corrected chi connectivity index (χ1v) is 7.59. The largest absolute Gasteiger partial charge is 0.375 e. The van der Waals surface area contributed by atoms with Crippen LogP contribution in [0.25, 0.3) is 5.65 Å². The summed E-state index contributed by atoms with van der Waals surface area (Å²) in [6.45, 7) is 2.38. The number of rotatable bonds is 1. The number of halogens is 1. The van der Waals surface area contributed by atoms with E-state index in [0.717, 1.165) is 4.57 Å². The number of fused-ring (bicyclic) bond motifs is 2. The molecule has 0 unspecified atom stereocenters. The molecule has 1 aliphatic rings. The van der Waals surface area contributed by atoms with Gasteiger partial charge in [-0.2, -0.15) is 0 Å². The standard InChI is InChI=1S/C17H14FN3O3/c1-10-8-15-19-14-6-7-20(9-13(14)17(23)21(15)24-10)16(22)11-2-4-12(18)5-3-11/h2-5,8H,6-7,9H2,1H3. The van der Waals surface area contributed by atoms with E-state index in [0.29, 0.717) is 41.2 Å². The van der Waals surface area contributed by atoms with Crippen LogP contribution in [0.15, 0.2) is 39.6 Å².